The number of hydrogen-bond acceptors (Lipinski definition) is 3. The highest BCUT2D eigenvalue weighted by atomic mass is 16.4. The van der Waals surface area contributed by atoms with Gasteiger partial charge in [-0.05, 0) is 31.6 Å². The Labute approximate surface area is 112 Å². The van der Waals surface area contributed by atoms with Crippen molar-refractivity contribution in [3.63, 3.8) is 0 Å². The van der Waals surface area contributed by atoms with E-state index in [1.54, 1.807) is 6.92 Å². The summed E-state index contributed by atoms with van der Waals surface area (Å²) >= 11 is 0. The molecule has 2 fully saturated rings. The van der Waals surface area contributed by atoms with Crippen molar-refractivity contribution in [2.45, 2.75) is 45.2 Å². The van der Waals surface area contributed by atoms with Crippen LogP contribution in [0.5, 0.6) is 0 Å². The van der Waals surface area contributed by atoms with Crippen LogP contribution in [0.1, 0.15) is 33.1 Å². The third-order valence-electron chi connectivity index (χ3n) is 4.22. The van der Waals surface area contributed by atoms with Crippen LogP contribution in [0.15, 0.2) is 0 Å². The number of carboxylic acid groups (broad SMARTS) is 1. The largest absolute Gasteiger partial charge is 0.480 e. The van der Waals surface area contributed by atoms with E-state index in [1.807, 2.05) is 0 Å². The Kier molecular flexibility index (Phi) is 3.78. The van der Waals surface area contributed by atoms with E-state index in [4.69, 9.17) is 0 Å². The Morgan fingerprint density at radius 2 is 2.00 bits per heavy atom. The first-order valence-corrected chi connectivity index (χ1v) is 6.72. The van der Waals surface area contributed by atoms with E-state index >= 15 is 0 Å². The molecule has 106 valence electrons. The minimum Gasteiger partial charge on any atom is -0.480 e. The monoisotopic (exact) mass is 268 g/mol. The third kappa shape index (κ3) is 2.57. The summed E-state index contributed by atoms with van der Waals surface area (Å²) in [6.45, 7) is 3.44. The summed E-state index contributed by atoms with van der Waals surface area (Å²) < 4.78 is 0. The van der Waals surface area contributed by atoms with Crippen molar-refractivity contribution >= 4 is 17.8 Å². The number of aliphatic carboxylic acids is 1. The third-order valence-corrected chi connectivity index (χ3v) is 4.22. The van der Waals surface area contributed by atoms with Crippen molar-refractivity contribution < 1.29 is 19.5 Å². The van der Waals surface area contributed by atoms with Gasteiger partial charge in [0.2, 0.25) is 11.8 Å². The molecule has 1 heterocycles. The van der Waals surface area contributed by atoms with Gasteiger partial charge in [0, 0.05) is 13.5 Å². The van der Waals surface area contributed by atoms with E-state index in [0.717, 1.165) is 19.3 Å². The van der Waals surface area contributed by atoms with Crippen LogP contribution in [0.3, 0.4) is 0 Å². The van der Waals surface area contributed by atoms with Crippen molar-refractivity contribution in [2.24, 2.45) is 11.8 Å². The first-order chi connectivity index (χ1) is 8.91. The first kappa shape index (κ1) is 13.8. The van der Waals surface area contributed by atoms with Crippen molar-refractivity contribution in [2.75, 3.05) is 6.54 Å². The Morgan fingerprint density at radius 3 is 2.58 bits per heavy atom. The van der Waals surface area contributed by atoms with Crippen LogP contribution in [0.4, 0.5) is 0 Å². The zero-order chi connectivity index (χ0) is 14.2. The van der Waals surface area contributed by atoms with E-state index in [-0.39, 0.29) is 17.7 Å². The molecular weight excluding hydrogens is 248 g/mol. The molecule has 19 heavy (non-hydrogen) atoms. The molecule has 2 rings (SSSR count). The molecule has 0 aromatic heterocycles. The molecule has 2 amide bonds. The first-order valence-electron chi connectivity index (χ1n) is 6.72. The Hall–Kier alpha value is -1.59. The second-order valence-corrected chi connectivity index (χ2v) is 5.55. The molecule has 0 radical (unpaired) electrons. The van der Waals surface area contributed by atoms with E-state index in [9.17, 15) is 19.5 Å². The van der Waals surface area contributed by atoms with Gasteiger partial charge < -0.3 is 15.3 Å². The van der Waals surface area contributed by atoms with Gasteiger partial charge in [0.1, 0.15) is 12.1 Å². The van der Waals surface area contributed by atoms with Gasteiger partial charge in [0.25, 0.3) is 0 Å². The number of likely N-dealkylation sites (tertiary alicyclic amines) is 1. The van der Waals surface area contributed by atoms with E-state index in [0.29, 0.717) is 12.5 Å². The van der Waals surface area contributed by atoms with Gasteiger partial charge >= 0.3 is 5.97 Å². The van der Waals surface area contributed by atoms with Gasteiger partial charge in [-0.1, -0.05) is 6.42 Å². The number of fused-ring (bicyclic) bond motifs is 1. The molecule has 1 aliphatic carbocycles. The van der Waals surface area contributed by atoms with Crippen LogP contribution in [0.2, 0.25) is 0 Å². The lowest BCUT2D eigenvalue weighted by Crippen LogP contribution is -2.51. The molecule has 0 aromatic carbocycles. The zero-order valence-electron chi connectivity index (χ0n) is 11.3. The molecule has 0 bridgehead atoms. The fourth-order valence-electron chi connectivity index (χ4n) is 3.46. The van der Waals surface area contributed by atoms with Crippen LogP contribution in [-0.2, 0) is 14.4 Å². The van der Waals surface area contributed by atoms with Gasteiger partial charge in [-0.15, -0.1) is 0 Å². The number of amides is 2. The van der Waals surface area contributed by atoms with Crippen LogP contribution in [-0.4, -0.2) is 46.4 Å². The zero-order valence-corrected chi connectivity index (χ0v) is 11.3. The molecule has 6 nitrogen and oxygen atoms in total. The highest BCUT2D eigenvalue weighted by molar-refractivity contribution is 5.90. The number of rotatable bonds is 3. The van der Waals surface area contributed by atoms with Gasteiger partial charge in [0.05, 0.1) is 0 Å². The molecule has 2 N–H and O–H groups in total. The molecule has 1 saturated carbocycles. The molecular formula is C13H20N2O4. The van der Waals surface area contributed by atoms with Crippen LogP contribution in [0.25, 0.3) is 0 Å². The molecule has 4 atom stereocenters. The van der Waals surface area contributed by atoms with E-state index in [2.05, 4.69) is 5.32 Å². The number of nitrogens with one attached hydrogen (secondary N) is 1. The lowest BCUT2D eigenvalue weighted by molar-refractivity contribution is -0.150. The van der Waals surface area contributed by atoms with Crippen LogP contribution >= 0.6 is 0 Å². The minimum absolute atomic E-state index is 0.0750. The predicted octanol–water partition coefficient (Wildman–Crippen LogP) is 0.223. The number of hydrogen-bond donors (Lipinski definition) is 2. The summed E-state index contributed by atoms with van der Waals surface area (Å²) in [6, 6.07) is -1.39. The fraction of sp³-hybridized carbons (Fsp3) is 0.769. The summed E-state index contributed by atoms with van der Waals surface area (Å²) in [5.41, 5.74) is 0. The summed E-state index contributed by atoms with van der Waals surface area (Å²) in [5.74, 6) is -1.14. The molecule has 6 heteroatoms. The van der Waals surface area contributed by atoms with Gasteiger partial charge in [0.15, 0.2) is 0 Å². The maximum Gasteiger partial charge on any atom is 0.326 e. The molecule has 2 aliphatic rings. The second kappa shape index (κ2) is 5.19. The predicted molar refractivity (Wildman–Crippen MR) is 67.2 cm³/mol. The lowest BCUT2D eigenvalue weighted by Gasteiger charge is -2.27. The smallest absolute Gasteiger partial charge is 0.326 e. The van der Waals surface area contributed by atoms with Crippen LogP contribution in [0, 0.1) is 11.8 Å². The molecule has 1 saturated heterocycles. The van der Waals surface area contributed by atoms with Crippen molar-refractivity contribution in [3.05, 3.63) is 0 Å². The van der Waals surface area contributed by atoms with Crippen molar-refractivity contribution in [1.29, 1.82) is 0 Å². The number of nitrogens with zero attached hydrogens (tertiary/aromatic N) is 1. The Bertz CT molecular complexity index is 409. The van der Waals surface area contributed by atoms with Gasteiger partial charge in [-0.2, -0.15) is 0 Å². The van der Waals surface area contributed by atoms with Gasteiger partial charge in [-0.25, -0.2) is 4.79 Å². The maximum atomic E-state index is 12.3. The highest BCUT2D eigenvalue weighted by Crippen LogP contribution is 2.42. The van der Waals surface area contributed by atoms with Crippen molar-refractivity contribution in [1.82, 2.24) is 10.2 Å². The topological polar surface area (TPSA) is 86.7 Å². The normalized spacial score (nSPS) is 30.8. The van der Waals surface area contributed by atoms with Gasteiger partial charge in [-0.3, -0.25) is 9.59 Å². The molecule has 4 unspecified atom stereocenters. The van der Waals surface area contributed by atoms with Crippen LogP contribution < -0.4 is 5.32 Å². The van der Waals surface area contributed by atoms with Crippen molar-refractivity contribution in [3.8, 4) is 0 Å². The van der Waals surface area contributed by atoms with E-state index < -0.39 is 18.1 Å². The summed E-state index contributed by atoms with van der Waals surface area (Å²) in [4.78, 5) is 36.1. The number of carboxylic acids is 1. The average Bonchev–Trinajstić information content (AvgIpc) is 2.84. The highest BCUT2D eigenvalue weighted by Gasteiger charge is 2.50. The minimum atomic E-state index is -0.933. The second-order valence-electron chi connectivity index (χ2n) is 5.55. The molecule has 1 aliphatic heterocycles. The summed E-state index contributed by atoms with van der Waals surface area (Å²) in [6.07, 6.45) is 2.91. The Balaban J connectivity index is 2.12. The number of carbonyl (C=O) groups excluding carboxylic acids is 2. The SMILES string of the molecule is CC(=O)NC(C)C(=O)N1CC2CCCC2C1C(=O)O. The fourth-order valence-corrected chi connectivity index (χ4v) is 3.46. The summed E-state index contributed by atoms with van der Waals surface area (Å²) in [5, 5.41) is 11.9. The average molecular weight is 268 g/mol. The lowest BCUT2D eigenvalue weighted by atomic mass is 9.94. The molecule has 0 aromatic rings. The number of carbonyl (C=O) groups is 3. The van der Waals surface area contributed by atoms with E-state index in [1.165, 1.54) is 11.8 Å². The quantitative estimate of drug-likeness (QED) is 0.766. The maximum absolute atomic E-state index is 12.3. The molecule has 0 spiro atoms. The standard InChI is InChI=1S/C13H20N2O4/c1-7(14-8(2)16)12(17)15-6-9-4-3-5-10(9)11(15)13(18)19/h7,9-11H,3-6H2,1-2H3,(H,14,16)(H,18,19). The summed E-state index contributed by atoms with van der Waals surface area (Å²) in [7, 11) is 0. The Morgan fingerprint density at radius 1 is 1.32 bits per heavy atom.